The first-order valence-electron chi connectivity index (χ1n) is 7.69. The molecule has 2 aromatic rings. The SMILES string of the molecule is CCc1ccc(Nc2ccc(C(=O)NCCCOC)nn2)cc1. The zero-order valence-corrected chi connectivity index (χ0v) is 13.5. The Hall–Kier alpha value is -2.47. The van der Waals surface area contributed by atoms with Crippen LogP contribution in [0.1, 0.15) is 29.4 Å². The summed E-state index contributed by atoms with van der Waals surface area (Å²) in [6.45, 7) is 3.29. The second-order valence-corrected chi connectivity index (χ2v) is 5.08. The average molecular weight is 314 g/mol. The zero-order valence-electron chi connectivity index (χ0n) is 13.5. The maximum absolute atomic E-state index is 11.9. The Bertz CT molecular complexity index is 611. The van der Waals surface area contributed by atoms with Crippen molar-refractivity contribution >= 4 is 17.4 Å². The van der Waals surface area contributed by atoms with Gasteiger partial charge in [-0.2, -0.15) is 0 Å². The quantitative estimate of drug-likeness (QED) is 0.732. The number of amides is 1. The number of carbonyl (C=O) groups excluding carboxylic acids is 1. The molecule has 1 aromatic carbocycles. The van der Waals surface area contributed by atoms with Crippen molar-refractivity contribution in [2.24, 2.45) is 0 Å². The largest absolute Gasteiger partial charge is 0.385 e. The van der Waals surface area contributed by atoms with Crippen LogP contribution in [0.15, 0.2) is 36.4 Å². The van der Waals surface area contributed by atoms with Crippen LogP contribution >= 0.6 is 0 Å². The molecule has 0 atom stereocenters. The monoisotopic (exact) mass is 314 g/mol. The molecule has 0 unspecified atom stereocenters. The molecule has 6 nitrogen and oxygen atoms in total. The molecular formula is C17H22N4O2. The van der Waals surface area contributed by atoms with Gasteiger partial charge in [0.25, 0.3) is 5.91 Å². The molecule has 0 saturated carbocycles. The third-order valence-electron chi connectivity index (χ3n) is 3.34. The number of aryl methyl sites for hydroxylation is 1. The molecule has 0 aliphatic rings. The fourth-order valence-electron chi connectivity index (χ4n) is 2.00. The van der Waals surface area contributed by atoms with Gasteiger partial charge in [0.15, 0.2) is 11.5 Å². The van der Waals surface area contributed by atoms with Gasteiger partial charge in [-0.1, -0.05) is 19.1 Å². The van der Waals surface area contributed by atoms with E-state index in [2.05, 4.69) is 39.9 Å². The molecule has 1 heterocycles. The van der Waals surface area contributed by atoms with Crippen LogP contribution in [0, 0.1) is 0 Å². The summed E-state index contributed by atoms with van der Waals surface area (Å²) in [5.74, 6) is 0.373. The molecule has 0 bridgehead atoms. The van der Waals surface area contributed by atoms with E-state index in [1.165, 1.54) is 5.56 Å². The molecule has 0 aliphatic heterocycles. The standard InChI is InChI=1S/C17H22N4O2/c1-3-13-5-7-14(8-6-13)19-16-10-9-15(20-21-16)17(22)18-11-4-12-23-2/h5-10H,3-4,11-12H2,1-2H3,(H,18,22)(H,19,21). The molecule has 1 amide bonds. The Balaban J connectivity index is 1.89. The molecule has 0 spiro atoms. The summed E-state index contributed by atoms with van der Waals surface area (Å²) in [4.78, 5) is 11.9. The summed E-state index contributed by atoms with van der Waals surface area (Å²) in [5.41, 5.74) is 2.52. The Morgan fingerprint density at radius 2 is 1.91 bits per heavy atom. The van der Waals surface area contributed by atoms with Crippen LogP contribution in [0.25, 0.3) is 0 Å². The van der Waals surface area contributed by atoms with Gasteiger partial charge in [0.1, 0.15) is 0 Å². The molecule has 23 heavy (non-hydrogen) atoms. The first kappa shape index (κ1) is 16.9. The Kier molecular flexibility index (Phi) is 6.50. The lowest BCUT2D eigenvalue weighted by Gasteiger charge is -2.07. The lowest BCUT2D eigenvalue weighted by molar-refractivity contribution is 0.0942. The van der Waals surface area contributed by atoms with Gasteiger partial charge in [0.2, 0.25) is 0 Å². The number of hydrogen-bond acceptors (Lipinski definition) is 5. The number of anilines is 2. The van der Waals surface area contributed by atoms with Gasteiger partial charge < -0.3 is 15.4 Å². The van der Waals surface area contributed by atoms with E-state index in [0.29, 0.717) is 24.7 Å². The van der Waals surface area contributed by atoms with E-state index in [0.717, 1.165) is 18.5 Å². The molecule has 0 aliphatic carbocycles. The van der Waals surface area contributed by atoms with Crippen molar-refractivity contribution in [2.75, 3.05) is 25.6 Å². The van der Waals surface area contributed by atoms with Crippen molar-refractivity contribution in [3.05, 3.63) is 47.7 Å². The first-order chi connectivity index (χ1) is 11.2. The number of rotatable bonds is 8. The van der Waals surface area contributed by atoms with Gasteiger partial charge >= 0.3 is 0 Å². The topological polar surface area (TPSA) is 76.1 Å². The van der Waals surface area contributed by atoms with Gasteiger partial charge in [-0.3, -0.25) is 4.79 Å². The molecule has 2 N–H and O–H groups in total. The van der Waals surface area contributed by atoms with E-state index >= 15 is 0 Å². The molecule has 6 heteroatoms. The van der Waals surface area contributed by atoms with Crippen molar-refractivity contribution in [3.8, 4) is 0 Å². The van der Waals surface area contributed by atoms with E-state index < -0.39 is 0 Å². The van der Waals surface area contributed by atoms with Crippen LogP contribution in [0.3, 0.4) is 0 Å². The second kappa shape index (κ2) is 8.85. The van der Waals surface area contributed by atoms with E-state index in [1.54, 1.807) is 19.2 Å². The summed E-state index contributed by atoms with van der Waals surface area (Å²) in [6.07, 6.45) is 1.78. The van der Waals surface area contributed by atoms with E-state index in [-0.39, 0.29) is 5.91 Å². The van der Waals surface area contributed by atoms with E-state index in [1.807, 2.05) is 12.1 Å². The van der Waals surface area contributed by atoms with Crippen LogP contribution in [-0.4, -0.2) is 36.4 Å². The zero-order chi connectivity index (χ0) is 16.5. The first-order valence-corrected chi connectivity index (χ1v) is 7.69. The minimum Gasteiger partial charge on any atom is -0.385 e. The molecule has 0 radical (unpaired) electrons. The van der Waals surface area contributed by atoms with Crippen LogP contribution in [0.5, 0.6) is 0 Å². The summed E-state index contributed by atoms with van der Waals surface area (Å²) < 4.78 is 4.93. The average Bonchev–Trinajstić information content (AvgIpc) is 2.60. The van der Waals surface area contributed by atoms with Crippen LogP contribution < -0.4 is 10.6 Å². The van der Waals surface area contributed by atoms with Gasteiger partial charge in [-0.05, 0) is 42.7 Å². The van der Waals surface area contributed by atoms with Crippen molar-refractivity contribution in [1.82, 2.24) is 15.5 Å². The molecule has 0 fully saturated rings. The summed E-state index contributed by atoms with van der Waals surface area (Å²) in [6, 6.07) is 11.5. The fourth-order valence-corrected chi connectivity index (χ4v) is 2.00. The van der Waals surface area contributed by atoms with Crippen molar-refractivity contribution in [3.63, 3.8) is 0 Å². The van der Waals surface area contributed by atoms with Gasteiger partial charge in [-0.25, -0.2) is 0 Å². The minimum atomic E-state index is -0.229. The van der Waals surface area contributed by atoms with Gasteiger partial charge in [0.05, 0.1) is 0 Å². The highest BCUT2D eigenvalue weighted by Gasteiger charge is 2.07. The highest BCUT2D eigenvalue weighted by molar-refractivity contribution is 5.92. The molecular weight excluding hydrogens is 292 g/mol. The highest BCUT2D eigenvalue weighted by atomic mass is 16.5. The van der Waals surface area contributed by atoms with Gasteiger partial charge in [-0.15, -0.1) is 10.2 Å². The Labute approximate surface area is 136 Å². The maximum atomic E-state index is 11.9. The third kappa shape index (κ3) is 5.34. The van der Waals surface area contributed by atoms with Crippen molar-refractivity contribution in [1.29, 1.82) is 0 Å². The van der Waals surface area contributed by atoms with E-state index in [9.17, 15) is 4.79 Å². The number of methoxy groups -OCH3 is 1. The summed E-state index contributed by atoms with van der Waals surface area (Å²) >= 11 is 0. The lowest BCUT2D eigenvalue weighted by atomic mass is 10.1. The molecule has 122 valence electrons. The third-order valence-corrected chi connectivity index (χ3v) is 3.34. The predicted molar refractivity (Wildman–Crippen MR) is 90.0 cm³/mol. The predicted octanol–water partition coefficient (Wildman–Crippen LogP) is 2.55. The summed E-state index contributed by atoms with van der Waals surface area (Å²) in [5, 5.41) is 13.9. The number of carbonyl (C=O) groups is 1. The van der Waals surface area contributed by atoms with Crippen LogP contribution in [0.4, 0.5) is 11.5 Å². The normalized spacial score (nSPS) is 10.3. The number of nitrogens with one attached hydrogen (secondary N) is 2. The number of benzene rings is 1. The lowest BCUT2D eigenvalue weighted by Crippen LogP contribution is -2.26. The van der Waals surface area contributed by atoms with Crippen LogP contribution in [0.2, 0.25) is 0 Å². The van der Waals surface area contributed by atoms with Crippen molar-refractivity contribution in [2.45, 2.75) is 19.8 Å². The maximum Gasteiger partial charge on any atom is 0.271 e. The van der Waals surface area contributed by atoms with Crippen LogP contribution in [-0.2, 0) is 11.2 Å². The smallest absolute Gasteiger partial charge is 0.271 e. The minimum absolute atomic E-state index is 0.229. The number of aromatic nitrogens is 2. The van der Waals surface area contributed by atoms with Crippen molar-refractivity contribution < 1.29 is 9.53 Å². The Morgan fingerprint density at radius 3 is 2.52 bits per heavy atom. The highest BCUT2D eigenvalue weighted by Crippen LogP contribution is 2.15. The fraction of sp³-hybridized carbons (Fsp3) is 0.353. The molecule has 2 rings (SSSR count). The number of ether oxygens (including phenoxy) is 1. The number of nitrogens with zero attached hydrogens (tertiary/aromatic N) is 2. The second-order valence-electron chi connectivity index (χ2n) is 5.08. The van der Waals surface area contributed by atoms with E-state index in [4.69, 9.17) is 4.74 Å². The number of hydrogen-bond donors (Lipinski definition) is 2. The summed E-state index contributed by atoms with van der Waals surface area (Å²) in [7, 11) is 1.63. The molecule has 0 saturated heterocycles. The Morgan fingerprint density at radius 1 is 1.13 bits per heavy atom. The molecule has 1 aromatic heterocycles. The van der Waals surface area contributed by atoms with Gasteiger partial charge in [0, 0.05) is 25.9 Å².